The van der Waals surface area contributed by atoms with Crippen LogP contribution in [0.4, 0.5) is 5.69 Å². The molecule has 0 unspecified atom stereocenters. The van der Waals surface area contributed by atoms with E-state index in [0.29, 0.717) is 10.8 Å². The monoisotopic (exact) mass is 407 g/mol. The van der Waals surface area contributed by atoms with Gasteiger partial charge in [-0.2, -0.15) is 0 Å². The molecule has 4 nitrogen and oxygen atoms in total. The van der Waals surface area contributed by atoms with Crippen molar-refractivity contribution in [3.63, 3.8) is 0 Å². The molecule has 0 aliphatic rings. The predicted molar refractivity (Wildman–Crippen MR) is 106 cm³/mol. The summed E-state index contributed by atoms with van der Waals surface area (Å²) in [6, 6.07) is 15.4. The summed E-state index contributed by atoms with van der Waals surface area (Å²) in [5.41, 5.74) is 0.793. The number of hydrogen-bond donors (Lipinski definition) is 1. The number of carbonyl (C=O) groups is 1. The van der Waals surface area contributed by atoms with Crippen molar-refractivity contribution in [3.05, 3.63) is 58.6 Å². The van der Waals surface area contributed by atoms with E-state index in [0.717, 1.165) is 24.8 Å². The molecule has 0 radical (unpaired) electrons. The van der Waals surface area contributed by atoms with Crippen LogP contribution in [0.5, 0.6) is 0 Å². The van der Waals surface area contributed by atoms with Gasteiger partial charge < -0.3 is 5.32 Å². The van der Waals surface area contributed by atoms with E-state index in [1.807, 2.05) is 55.5 Å². The molecule has 3 rings (SSSR count). The van der Waals surface area contributed by atoms with Crippen LogP contribution in [0.25, 0.3) is 0 Å². The van der Waals surface area contributed by atoms with Gasteiger partial charge in [0.05, 0.1) is 11.4 Å². The van der Waals surface area contributed by atoms with Gasteiger partial charge in [-0.15, -0.1) is 10.2 Å². The third-order valence-corrected chi connectivity index (χ3v) is 6.34. The number of anilines is 1. The zero-order chi connectivity index (χ0) is 17.6. The average molecular weight is 408 g/mol. The summed E-state index contributed by atoms with van der Waals surface area (Å²) in [6.45, 7) is 1.89. The van der Waals surface area contributed by atoms with Crippen molar-refractivity contribution in [2.75, 3.05) is 11.1 Å². The first kappa shape index (κ1) is 18.3. The normalized spacial score (nSPS) is 10.6. The van der Waals surface area contributed by atoms with Crippen molar-refractivity contribution >= 4 is 58.1 Å². The minimum atomic E-state index is -0.0676. The summed E-state index contributed by atoms with van der Waals surface area (Å²) in [5, 5.41) is 12.5. The number of thioether (sulfide) groups is 1. The van der Waals surface area contributed by atoms with Gasteiger partial charge in [0, 0.05) is 14.8 Å². The number of benzene rings is 2. The molecule has 0 saturated carbocycles. The number of aromatic nitrogens is 2. The van der Waals surface area contributed by atoms with Crippen molar-refractivity contribution < 1.29 is 4.79 Å². The average Bonchev–Trinajstić information content (AvgIpc) is 3.02. The van der Waals surface area contributed by atoms with Gasteiger partial charge in [-0.3, -0.25) is 4.79 Å². The summed E-state index contributed by atoms with van der Waals surface area (Å²) in [7, 11) is 0. The van der Waals surface area contributed by atoms with Crippen LogP contribution in [0, 0.1) is 6.92 Å². The van der Waals surface area contributed by atoms with Gasteiger partial charge in [0.15, 0.2) is 4.34 Å². The Morgan fingerprint density at radius 1 is 1.16 bits per heavy atom. The van der Waals surface area contributed by atoms with Gasteiger partial charge >= 0.3 is 0 Å². The summed E-state index contributed by atoms with van der Waals surface area (Å²) < 4.78 is 0.802. The fraction of sp³-hybridized carbons (Fsp3) is 0.118. The zero-order valence-corrected chi connectivity index (χ0v) is 16.4. The van der Waals surface area contributed by atoms with Crippen molar-refractivity contribution in [3.8, 4) is 0 Å². The highest BCUT2D eigenvalue weighted by atomic mass is 35.5. The fourth-order valence-corrected chi connectivity index (χ4v) is 4.58. The third-order valence-electron chi connectivity index (χ3n) is 3.04. The molecule has 8 heteroatoms. The highest BCUT2D eigenvalue weighted by Gasteiger charge is 2.10. The van der Waals surface area contributed by atoms with Gasteiger partial charge in [0.2, 0.25) is 5.91 Å². The van der Waals surface area contributed by atoms with Crippen LogP contribution in [-0.2, 0) is 4.79 Å². The lowest BCUT2D eigenvalue weighted by Gasteiger charge is -2.10. The van der Waals surface area contributed by atoms with Crippen molar-refractivity contribution in [2.24, 2.45) is 0 Å². The van der Waals surface area contributed by atoms with Gasteiger partial charge in [-0.1, -0.05) is 58.6 Å². The molecule has 0 saturated heterocycles. The van der Waals surface area contributed by atoms with Crippen LogP contribution in [0.3, 0.4) is 0 Å². The molecular weight excluding hydrogens is 394 g/mol. The van der Waals surface area contributed by atoms with Crippen LogP contribution >= 0.6 is 46.5 Å². The Hall–Kier alpha value is -1.54. The molecule has 1 aromatic heterocycles. The third kappa shape index (κ3) is 5.47. The number of hydrogen-bond acceptors (Lipinski definition) is 6. The Bertz CT molecular complexity index is 868. The molecule has 1 N–H and O–H groups in total. The standard InChI is InChI=1S/C17H14ClN3OS3/c1-11-20-21-17(24-11)23-10-16(22)19-14-4-2-3-5-15(14)25-13-8-6-12(18)7-9-13/h2-9H,10H2,1H3,(H,19,22). The van der Waals surface area contributed by atoms with E-state index in [4.69, 9.17) is 11.6 Å². The first-order valence-electron chi connectivity index (χ1n) is 7.35. The molecule has 2 aromatic carbocycles. The number of para-hydroxylation sites is 1. The molecule has 0 spiro atoms. The number of aryl methyl sites for hydroxylation is 1. The Morgan fingerprint density at radius 2 is 1.92 bits per heavy atom. The summed E-state index contributed by atoms with van der Waals surface area (Å²) in [6.07, 6.45) is 0. The summed E-state index contributed by atoms with van der Waals surface area (Å²) >= 11 is 10.4. The second-order valence-corrected chi connectivity index (χ2v) is 8.93. The lowest BCUT2D eigenvalue weighted by atomic mass is 10.3. The minimum absolute atomic E-state index is 0.0676. The maximum Gasteiger partial charge on any atom is 0.234 e. The van der Waals surface area contributed by atoms with E-state index in [9.17, 15) is 4.79 Å². The van der Waals surface area contributed by atoms with Crippen molar-refractivity contribution in [2.45, 2.75) is 21.1 Å². The highest BCUT2D eigenvalue weighted by Crippen LogP contribution is 2.34. The molecule has 0 aliphatic carbocycles. The maximum atomic E-state index is 12.2. The van der Waals surface area contributed by atoms with Crippen LogP contribution in [-0.4, -0.2) is 21.9 Å². The van der Waals surface area contributed by atoms with Gasteiger partial charge in [0.25, 0.3) is 0 Å². The van der Waals surface area contributed by atoms with E-state index in [-0.39, 0.29) is 5.91 Å². The van der Waals surface area contributed by atoms with Crippen molar-refractivity contribution in [1.29, 1.82) is 0 Å². The lowest BCUT2D eigenvalue weighted by Crippen LogP contribution is -2.14. The lowest BCUT2D eigenvalue weighted by molar-refractivity contribution is -0.113. The Labute approximate surface area is 163 Å². The fourth-order valence-electron chi connectivity index (χ4n) is 1.94. The van der Waals surface area contributed by atoms with E-state index >= 15 is 0 Å². The van der Waals surface area contributed by atoms with Gasteiger partial charge in [-0.05, 0) is 43.3 Å². The van der Waals surface area contributed by atoms with Crippen LogP contribution in [0.2, 0.25) is 5.02 Å². The molecule has 0 bridgehead atoms. The smallest absolute Gasteiger partial charge is 0.234 e. The molecule has 0 atom stereocenters. The molecule has 0 fully saturated rings. The molecule has 1 heterocycles. The Morgan fingerprint density at radius 3 is 2.64 bits per heavy atom. The van der Waals surface area contributed by atoms with E-state index in [2.05, 4.69) is 15.5 Å². The van der Waals surface area contributed by atoms with Crippen LogP contribution in [0.15, 0.2) is 62.7 Å². The Balaban J connectivity index is 1.63. The molecule has 0 aliphatic heterocycles. The second-order valence-electron chi connectivity index (χ2n) is 4.98. The molecule has 128 valence electrons. The SMILES string of the molecule is Cc1nnc(SCC(=O)Nc2ccccc2Sc2ccc(Cl)cc2)s1. The summed E-state index contributed by atoms with van der Waals surface area (Å²) in [4.78, 5) is 14.3. The largest absolute Gasteiger partial charge is 0.324 e. The quantitative estimate of drug-likeness (QED) is 0.556. The number of amides is 1. The van der Waals surface area contributed by atoms with E-state index < -0.39 is 0 Å². The van der Waals surface area contributed by atoms with Crippen LogP contribution in [0.1, 0.15) is 5.01 Å². The number of rotatable bonds is 6. The zero-order valence-electron chi connectivity index (χ0n) is 13.2. The highest BCUT2D eigenvalue weighted by molar-refractivity contribution is 8.01. The first-order chi connectivity index (χ1) is 12.1. The molecular formula is C17H14ClN3OS3. The molecule has 25 heavy (non-hydrogen) atoms. The number of nitrogens with zero attached hydrogens (tertiary/aromatic N) is 2. The topological polar surface area (TPSA) is 54.9 Å². The first-order valence-corrected chi connectivity index (χ1v) is 10.3. The number of carbonyl (C=O) groups excluding carboxylic acids is 1. The summed E-state index contributed by atoms with van der Waals surface area (Å²) in [5.74, 6) is 0.233. The predicted octanol–water partition coefficient (Wildman–Crippen LogP) is 5.38. The van der Waals surface area contributed by atoms with Crippen molar-refractivity contribution in [1.82, 2.24) is 10.2 Å². The van der Waals surface area contributed by atoms with Gasteiger partial charge in [-0.25, -0.2) is 0 Å². The van der Waals surface area contributed by atoms with Gasteiger partial charge in [0.1, 0.15) is 5.01 Å². The van der Waals surface area contributed by atoms with E-state index in [1.165, 1.54) is 23.1 Å². The minimum Gasteiger partial charge on any atom is -0.324 e. The number of nitrogens with one attached hydrogen (secondary N) is 1. The Kier molecular flexibility index (Phi) is 6.36. The molecule has 3 aromatic rings. The second kappa shape index (κ2) is 8.71. The molecule has 1 amide bonds. The van der Waals surface area contributed by atoms with E-state index in [1.54, 1.807) is 11.8 Å². The van der Waals surface area contributed by atoms with Crippen LogP contribution < -0.4 is 5.32 Å². The maximum absolute atomic E-state index is 12.2. The number of halogens is 1.